The molecule has 1 saturated carbocycles. The fourth-order valence-electron chi connectivity index (χ4n) is 3.10. The van der Waals surface area contributed by atoms with Gasteiger partial charge in [0, 0.05) is 24.6 Å². The Morgan fingerprint density at radius 1 is 1.30 bits per heavy atom. The Labute approximate surface area is 160 Å². The lowest BCUT2D eigenvalue weighted by atomic mass is 10.2. The second-order valence-corrected chi connectivity index (χ2v) is 9.30. The second-order valence-electron chi connectivity index (χ2n) is 7.59. The summed E-state index contributed by atoms with van der Waals surface area (Å²) >= 11 is 0. The van der Waals surface area contributed by atoms with E-state index in [1.54, 1.807) is 33.0 Å². The van der Waals surface area contributed by atoms with Gasteiger partial charge in [0.25, 0.3) is 5.91 Å². The first-order valence-corrected chi connectivity index (χ1v) is 10.6. The van der Waals surface area contributed by atoms with Gasteiger partial charge >= 0.3 is 0 Å². The Hall–Kier alpha value is -2.12. The highest BCUT2D eigenvalue weighted by Gasteiger charge is 2.36. The predicted octanol–water partition coefficient (Wildman–Crippen LogP) is 3.36. The molecule has 0 bridgehead atoms. The van der Waals surface area contributed by atoms with Crippen LogP contribution in [0.25, 0.3) is 0 Å². The lowest BCUT2D eigenvalue weighted by Crippen LogP contribution is -2.31. The highest BCUT2D eigenvalue weighted by Crippen LogP contribution is 2.47. The molecule has 2 atom stereocenters. The minimum Gasteiger partial charge on any atom is -0.464 e. The van der Waals surface area contributed by atoms with Crippen molar-refractivity contribution in [3.05, 3.63) is 53.5 Å². The van der Waals surface area contributed by atoms with Crippen LogP contribution in [-0.4, -0.2) is 32.3 Å². The van der Waals surface area contributed by atoms with E-state index in [1.807, 2.05) is 12.1 Å². The normalized spacial score (nSPS) is 19.3. The molecule has 0 saturated heterocycles. The molecule has 1 aromatic carbocycles. The van der Waals surface area contributed by atoms with Crippen LogP contribution < -0.4 is 4.72 Å². The van der Waals surface area contributed by atoms with Gasteiger partial charge < -0.3 is 9.32 Å². The van der Waals surface area contributed by atoms with Crippen molar-refractivity contribution in [3.63, 3.8) is 0 Å². The van der Waals surface area contributed by atoms with E-state index in [0.717, 1.165) is 17.9 Å². The summed E-state index contributed by atoms with van der Waals surface area (Å²) in [5.74, 6) is 2.60. The van der Waals surface area contributed by atoms with E-state index < -0.39 is 10.0 Å². The van der Waals surface area contributed by atoms with E-state index >= 15 is 0 Å². The summed E-state index contributed by atoms with van der Waals surface area (Å²) in [5, 5.41) is 0. The van der Waals surface area contributed by atoms with E-state index in [4.69, 9.17) is 4.42 Å². The van der Waals surface area contributed by atoms with Gasteiger partial charge in [0.2, 0.25) is 10.0 Å². The molecule has 1 aliphatic carbocycles. The Morgan fingerprint density at radius 3 is 2.63 bits per heavy atom. The first kappa shape index (κ1) is 19.6. The van der Waals surface area contributed by atoms with Crippen LogP contribution in [-0.2, 0) is 16.6 Å². The minimum atomic E-state index is -3.64. The maximum absolute atomic E-state index is 12.7. The molecular weight excluding hydrogens is 364 g/mol. The zero-order valence-electron chi connectivity index (χ0n) is 16.1. The molecule has 1 aromatic heterocycles. The van der Waals surface area contributed by atoms with Crippen molar-refractivity contribution < 1.29 is 17.6 Å². The van der Waals surface area contributed by atoms with Crippen molar-refractivity contribution in [2.75, 3.05) is 7.05 Å². The number of benzene rings is 1. The average Bonchev–Trinajstić information content (AvgIpc) is 3.14. The van der Waals surface area contributed by atoms with Crippen molar-refractivity contribution in [3.8, 4) is 0 Å². The SMILES string of the molecule is CC(C)NS(=O)(=O)c1cccc(C(=O)N(C)Cc2ccc([C@@H]3C[C@H]3C)o2)c1. The molecule has 1 fully saturated rings. The standard InChI is InChI=1S/C20H26N2O4S/c1-13(2)21-27(24,25)17-7-5-6-15(11-17)20(23)22(4)12-16-8-9-19(26-16)18-10-14(18)3/h5-9,11,13-14,18,21H,10,12H2,1-4H3/t14-,18-/m1/s1. The van der Waals surface area contributed by atoms with Crippen LogP contribution >= 0.6 is 0 Å². The number of carbonyl (C=O) groups excluding carboxylic acids is 1. The van der Waals surface area contributed by atoms with E-state index in [2.05, 4.69) is 11.6 Å². The van der Waals surface area contributed by atoms with Gasteiger partial charge in [-0.15, -0.1) is 0 Å². The molecule has 27 heavy (non-hydrogen) atoms. The van der Waals surface area contributed by atoms with Crippen LogP contribution in [0.5, 0.6) is 0 Å². The van der Waals surface area contributed by atoms with E-state index in [1.165, 1.54) is 17.0 Å². The number of nitrogens with zero attached hydrogens (tertiary/aromatic N) is 1. The summed E-state index contributed by atoms with van der Waals surface area (Å²) in [7, 11) is -1.97. The van der Waals surface area contributed by atoms with E-state index in [-0.39, 0.29) is 16.8 Å². The highest BCUT2D eigenvalue weighted by atomic mass is 32.2. The third kappa shape index (κ3) is 4.59. The Bertz CT molecular complexity index is 933. The van der Waals surface area contributed by atoms with Crippen LogP contribution in [0.4, 0.5) is 0 Å². The Morgan fingerprint density at radius 2 is 2.00 bits per heavy atom. The third-order valence-corrected chi connectivity index (χ3v) is 6.34. The average molecular weight is 391 g/mol. The molecule has 1 amide bonds. The topological polar surface area (TPSA) is 79.6 Å². The molecule has 0 aliphatic heterocycles. The minimum absolute atomic E-state index is 0.0819. The summed E-state index contributed by atoms with van der Waals surface area (Å²) in [6.45, 7) is 6.03. The molecule has 0 unspecified atom stereocenters. The van der Waals surface area contributed by atoms with Crippen molar-refractivity contribution in [1.82, 2.24) is 9.62 Å². The fourth-order valence-corrected chi connectivity index (χ4v) is 4.39. The largest absolute Gasteiger partial charge is 0.464 e. The monoisotopic (exact) mass is 390 g/mol. The van der Waals surface area contributed by atoms with Gasteiger partial charge in [-0.25, -0.2) is 13.1 Å². The predicted molar refractivity (Wildman–Crippen MR) is 103 cm³/mol. The van der Waals surface area contributed by atoms with Crippen LogP contribution in [0.2, 0.25) is 0 Å². The number of carbonyl (C=O) groups is 1. The highest BCUT2D eigenvalue weighted by molar-refractivity contribution is 7.89. The van der Waals surface area contributed by atoms with Crippen LogP contribution in [0, 0.1) is 5.92 Å². The number of nitrogens with one attached hydrogen (secondary N) is 1. The summed E-state index contributed by atoms with van der Waals surface area (Å²) in [6.07, 6.45) is 1.15. The molecule has 2 aromatic rings. The number of sulfonamides is 1. The van der Waals surface area contributed by atoms with Crippen molar-refractivity contribution >= 4 is 15.9 Å². The van der Waals surface area contributed by atoms with Crippen molar-refractivity contribution in [2.45, 2.75) is 50.6 Å². The molecule has 6 nitrogen and oxygen atoms in total. The summed E-state index contributed by atoms with van der Waals surface area (Å²) < 4.78 is 33.0. The maximum Gasteiger partial charge on any atom is 0.254 e. The van der Waals surface area contributed by atoms with Gasteiger partial charge in [-0.1, -0.05) is 13.0 Å². The first-order valence-electron chi connectivity index (χ1n) is 9.14. The van der Waals surface area contributed by atoms with E-state index in [9.17, 15) is 13.2 Å². The number of hydrogen-bond donors (Lipinski definition) is 1. The van der Waals surface area contributed by atoms with E-state index in [0.29, 0.717) is 23.9 Å². The van der Waals surface area contributed by atoms with Crippen LogP contribution in [0.15, 0.2) is 45.7 Å². The zero-order chi connectivity index (χ0) is 19.8. The molecule has 0 radical (unpaired) electrons. The van der Waals surface area contributed by atoms with Gasteiger partial charge in [-0.05, 0) is 56.5 Å². The molecule has 1 heterocycles. The molecule has 7 heteroatoms. The third-order valence-electron chi connectivity index (χ3n) is 4.68. The number of hydrogen-bond acceptors (Lipinski definition) is 4. The van der Waals surface area contributed by atoms with Crippen LogP contribution in [0.1, 0.15) is 55.0 Å². The van der Waals surface area contributed by atoms with Crippen molar-refractivity contribution in [2.24, 2.45) is 5.92 Å². The summed E-state index contributed by atoms with van der Waals surface area (Å²) in [5.41, 5.74) is 0.326. The maximum atomic E-state index is 12.7. The van der Waals surface area contributed by atoms with Gasteiger partial charge in [0.1, 0.15) is 11.5 Å². The Kier molecular flexibility index (Phi) is 5.44. The quantitative estimate of drug-likeness (QED) is 0.786. The molecular formula is C20H26N2O4S. The Balaban J connectivity index is 1.71. The van der Waals surface area contributed by atoms with Gasteiger partial charge in [0.05, 0.1) is 11.4 Å². The zero-order valence-corrected chi connectivity index (χ0v) is 16.9. The lowest BCUT2D eigenvalue weighted by Gasteiger charge is -2.17. The molecule has 146 valence electrons. The molecule has 1 aliphatic rings. The van der Waals surface area contributed by atoms with Gasteiger partial charge in [-0.3, -0.25) is 4.79 Å². The van der Waals surface area contributed by atoms with Gasteiger partial charge in [0.15, 0.2) is 0 Å². The van der Waals surface area contributed by atoms with Crippen molar-refractivity contribution in [1.29, 1.82) is 0 Å². The lowest BCUT2D eigenvalue weighted by molar-refractivity contribution is 0.0774. The number of amides is 1. The molecule has 0 spiro atoms. The smallest absolute Gasteiger partial charge is 0.254 e. The molecule has 1 N–H and O–H groups in total. The van der Waals surface area contributed by atoms with Crippen LogP contribution in [0.3, 0.4) is 0 Å². The molecule has 3 rings (SSSR count). The van der Waals surface area contributed by atoms with Gasteiger partial charge in [-0.2, -0.15) is 0 Å². The number of rotatable bonds is 7. The fraction of sp³-hybridized carbons (Fsp3) is 0.450. The summed E-state index contributed by atoms with van der Waals surface area (Å²) in [6, 6.07) is 9.74. The first-order chi connectivity index (χ1) is 12.7. The second kappa shape index (κ2) is 7.48. The number of furan rings is 1. The summed E-state index contributed by atoms with van der Waals surface area (Å²) in [4.78, 5) is 14.3.